The molecule has 0 fully saturated rings. The van der Waals surface area contributed by atoms with Crippen molar-refractivity contribution in [3.8, 4) is 0 Å². The third kappa shape index (κ3) is 3.52. The highest BCUT2D eigenvalue weighted by Crippen LogP contribution is 2.30. The molecule has 3 aromatic rings. The zero-order valence-corrected chi connectivity index (χ0v) is 15.9. The molecular formula is C23H25N3O. The molecule has 0 saturated carbocycles. The largest absolute Gasteiger partial charge is 0.345 e. The van der Waals surface area contributed by atoms with E-state index in [-0.39, 0.29) is 11.9 Å². The van der Waals surface area contributed by atoms with Crippen molar-refractivity contribution in [2.75, 3.05) is 0 Å². The molecule has 0 unspecified atom stereocenters. The fraction of sp³-hybridized carbons (Fsp3) is 0.304. The SMILES string of the molecule is Cc1nn(Cc2ccccc2)c(C)c1C(=O)N[C@@H]1CCCc2ccccc21. The Bertz CT molecular complexity index is 959. The van der Waals surface area contributed by atoms with Crippen LogP contribution < -0.4 is 5.32 Å². The van der Waals surface area contributed by atoms with Gasteiger partial charge in [0.1, 0.15) is 0 Å². The first-order valence-corrected chi connectivity index (χ1v) is 9.60. The average molecular weight is 359 g/mol. The lowest BCUT2D eigenvalue weighted by Crippen LogP contribution is -2.31. The van der Waals surface area contributed by atoms with Crippen LogP contribution in [0.1, 0.15) is 57.3 Å². The van der Waals surface area contributed by atoms with Gasteiger partial charge in [0.25, 0.3) is 5.91 Å². The molecule has 4 rings (SSSR count). The van der Waals surface area contributed by atoms with Gasteiger partial charge in [0.15, 0.2) is 0 Å². The molecule has 0 bridgehead atoms. The highest BCUT2D eigenvalue weighted by Gasteiger charge is 2.25. The number of aromatic nitrogens is 2. The van der Waals surface area contributed by atoms with E-state index in [1.54, 1.807) is 0 Å². The second-order valence-electron chi connectivity index (χ2n) is 7.31. The summed E-state index contributed by atoms with van der Waals surface area (Å²) in [6.07, 6.45) is 3.18. The van der Waals surface area contributed by atoms with Crippen molar-refractivity contribution in [3.63, 3.8) is 0 Å². The average Bonchev–Trinajstić information content (AvgIpc) is 2.96. The number of benzene rings is 2. The Morgan fingerprint density at radius 3 is 2.67 bits per heavy atom. The standard InChI is InChI=1S/C23H25N3O/c1-16-22(17(2)26(25-16)15-18-9-4-3-5-10-18)23(27)24-21-14-8-12-19-11-6-7-13-20(19)21/h3-7,9-11,13,21H,8,12,14-15H2,1-2H3,(H,24,27)/t21-/m1/s1. The van der Waals surface area contributed by atoms with E-state index in [1.807, 2.05) is 36.7 Å². The molecule has 27 heavy (non-hydrogen) atoms. The first-order valence-electron chi connectivity index (χ1n) is 9.60. The van der Waals surface area contributed by atoms with E-state index in [9.17, 15) is 4.79 Å². The fourth-order valence-corrected chi connectivity index (χ4v) is 4.07. The molecule has 1 amide bonds. The van der Waals surface area contributed by atoms with E-state index >= 15 is 0 Å². The number of hydrogen-bond acceptors (Lipinski definition) is 2. The number of aryl methyl sites for hydroxylation is 2. The summed E-state index contributed by atoms with van der Waals surface area (Å²) in [5.74, 6) is -0.0222. The van der Waals surface area contributed by atoms with Gasteiger partial charge in [-0.15, -0.1) is 0 Å². The number of nitrogens with one attached hydrogen (secondary N) is 1. The molecule has 1 aliphatic rings. The van der Waals surface area contributed by atoms with Gasteiger partial charge in [0.05, 0.1) is 23.8 Å². The van der Waals surface area contributed by atoms with Crippen LogP contribution >= 0.6 is 0 Å². The van der Waals surface area contributed by atoms with E-state index in [0.717, 1.165) is 30.7 Å². The zero-order valence-electron chi connectivity index (χ0n) is 15.9. The van der Waals surface area contributed by atoms with Gasteiger partial charge in [0, 0.05) is 5.69 Å². The summed E-state index contributed by atoms with van der Waals surface area (Å²) >= 11 is 0. The van der Waals surface area contributed by atoms with Crippen molar-refractivity contribution >= 4 is 5.91 Å². The van der Waals surface area contributed by atoms with Crippen LogP contribution in [0.25, 0.3) is 0 Å². The molecule has 4 heteroatoms. The van der Waals surface area contributed by atoms with Crippen LogP contribution in [0.4, 0.5) is 0 Å². The smallest absolute Gasteiger partial charge is 0.255 e. The molecule has 1 N–H and O–H groups in total. The summed E-state index contributed by atoms with van der Waals surface area (Å²) < 4.78 is 1.92. The van der Waals surface area contributed by atoms with Crippen LogP contribution in [0, 0.1) is 13.8 Å². The zero-order chi connectivity index (χ0) is 18.8. The maximum Gasteiger partial charge on any atom is 0.255 e. The van der Waals surface area contributed by atoms with Crippen LogP contribution in [-0.2, 0) is 13.0 Å². The quantitative estimate of drug-likeness (QED) is 0.752. The molecule has 2 aromatic carbocycles. The Morgan fingerprint density at radius 2 is 1.85 bits per heavy atom. The van der Waals surface area contributed by atoms with Crippen LogP contribution in [-0.4, -0.2) is 15.7 Å². The van der Waals surface area contributed by atoms with Crippen LogP contribution in [0.3, 0.4) is 0 Å². The Kier molecular flexibility index (Phi) is 4.80. The van der Waals surface area contributed by atoms with Gasteiger partial charge in [-0.2, -0.15) is 5.10 Å². The summed E-state index contributed by atoms with van der Waals surface area (Å²) in [6.45, 7) is 4.57. The Morgan fingerprint density at radius 1 is 1.11 bits per heavy atom. The number of fused-ring (bicyclic) bond motifs is 1. The first kappa shape index (κ1) is 17.5. The van der Waals surface area contributed by atoms with E-state index in [0.29, 0.717) is 12.1 Å². The minimum atomic E-state index is -0.0222. The predicted octanol–water partition coefficient (Wildman–Crippen LogP) is 4.36. The molecule has 1 atom stereocenters. The van der Waals surface area contributed by atoms with E-state index in [2.05, 4.69) is 46.8 Å². The second kappa shape index (κ2) is 7.39. The van der Waals surface area contributed by atoms with Gasteiger partial charge in [-0.3, -0.25) is 9.48 Å². The maximum absolute atomic E-state index is 13.1. The second-order valence-corrected chi connectivity index (χ2v) is 7.31. The molecular weight excluding hydrogens is 334 g/mol. The van der Waals surface area contributed by atoms with Gasteiger partial charge in [-0.05, 0) is 49.8 Å². The number of amides is 1. The molecule has 1 aliphatic carbocycles. The minimum Gasteiger partial charge on any atom is -0.345 e. The molecule has 4 nitrogen and oxygen atoms in total. The predicted molar refractivity (Wildman–Crippen MR) is 107 cm³/mol. The highest BCUT2D eigenvalue weighted by atomic mass is 16.1. The van der Waals surface area contributed by atoms with Gasteiger partial charge >= 0.3 is 0 Å². The van der Waals surface area contributed by atoms with Crippen molar-refractivity contribution in [2.24, 2.45) is 0 Å². The third-order valence-corrected chi connectivity index (χ3v) is 5.46. The molecule has 0 saturated heterocycles. The Labute approximate surface area is 160 Å². The highest BCUT2D eigenvalue weighted by molar-refractivity contribution is 5.96. The van der Waals surface area contributed by atoms with E-state index in [4.69, 9.17) is 0 Å². The Hall–Kier alpha value is -2.88. The lowest BCUT2D eigenvalue weighted by molar-refractivity contribution is 0.0931. The van der Waals surface area contributed by atoms with Crippen molar-refractivity contribution in [1.29, 1.82) is 0 Å². The summed E-state index contributed by atoms with van der Waals surface area (Å²) in [6, 6.07) is 18.7. The third-order valence-electron chi connectivity index (χ3n) is 5.46. The van der Waals surface area contributed by atoms with Crippen molar-refractivity contribution in [2.45, 2.75) is 45.7 Å². The maximum atomic E-state index is 13.1. The van der Waals surface area contributed by atoms with E-state index in [1.165, 1.54) is 16.7 Å². The topological polar surface area (TPSA) is 46.9 Å². The van der Waals surface area contributed by atoms with Gasteiger partial charge in [-0.25, -0.2) is 0 Å². The number of hydrogen-bond donors (Lipinski definition) is 1. The monoisotopic (exact) mass is 359 g/mol. The van der Waals surface area contributed by atoms with Gasteiger partial charge < -0.3 is 5.32 Å². The number of carbonyl (C=O) groups is 1. The molecule has 138 valence electrons. The number of rotatable bonds is 4. The number of nitrogens with zero attached hydrogens (tertiary/aromatic N) is 2. The molecule has 0 radical (unpaired) electrons. The summed E-state index contributed by atoms with van der Waals surface area (Å²) in [5, 5.41) is 7.88. The molecule has 1 heterocycles. The Balaban J connectivity index is 1.56. The van der Waals surface area contributed by atoms with Crippen LogP contribution in [0.5, 0.6) is 0 Å². The fourth-order valence-electron chi connectivity index (χ4n) is 4.07. The normalized spacial score (nSPS) is 16.0. The summed E-state index contributed by atoms with van der Waals surface area (Å²) in [5.41, 5.74) is 6.18. The summed E-state index contributed by atoms with van der Waals surface area (Å²) in [4.78, 5) is 13.1. The lowest BCUT2D eigenvalue weighted by atomic mass is 9.87. The molecule has 0 spiro atoms. The van der Waals surface area contributed by atoms with Crippen molar-refractivity contribution in [1.82, 2.24) is 15.1 Å². The minimum absolute atomic E-state index is 0.0222. The first-order chi connectivity index (χ1) is 13.1. The van der Waals surface area contributed by atoms with Gasteiger partial charge in [0.2, 0.25) is 0 Å². The van der Waals surface area contributed by atoms with Crippen molar-refractivity contribution in [3.05, 3.63) is 88.2 Å². The summed E-state index contributed by atoms with van der Waals surface area (Å²) in [7, 11) is 0. The molecule has 1 aromatic heterocycles. The van der Waals surface area contributed by atoms with E-state index < -0.39 is 0 Å². The lowest BCUT2D eigenvalue weighted by Gasteiger charge is -2.26. The van der Waals surface area contributed by atoms with Crippen LogP contribution in [0.2, 0.25) is 0 Å². The van der Waals surface area contributed by atoms with Crippen molar-refractivity contribution < 1.29 is 4.79 Å². The molecule has 0 aliphatic heterocycles. The van der Waals surface area contributed by atoms with Gasteiger partial charge in [-0.1, -0.05) is 54.6 Å². The number of carbonyl (C=O) groups excluding carboxylic acids is 1. The van der Waals surface area contributed by atoms with Crippen LogP contribution in [0.15, 0.2) is 54.6 Å².